The molecule has 0 spiro atoms. The average Bonchev–Trinajstić information content (AvgIpc) is 2.48. The molecule has 0 bridgehead atoms. The minimum absolute atomic E-state index is 0.417. The van der Waals surface area contributed by atoms with Crippen molar-refractivity contribution in [3.8, 4) is 0 Å². The number of rotatable bonds is 7. The van der Waals surface area contributed by atoms with E-state index in [9.17, 15) is 8.42 Å². The van der Waals surface area contributed by atoms with Gasteiger partial charge in [-0.25, -0.2) is 8.42 Å². The van der Waals surface area contributed by atoms with Crippen LogP contribution in [0.25, 0.3) is 0 Å². The molecular weight excluding hydrogens is 318 g/mol. The van der Waals surface area contributed by atoms with Crippen molar-refractivity contribution in [3.63, 3.8) is 0 Å². The van der Waals surface area contributed by atoms with Gasteiger partial charge in [-0.1, -0.05) is 54.1 Å². The van der Waals surface area contributed by atoms with E-state index in [2.05, 4.69) is 0 Å². The van der Waals surface area contributed by atoms with E-state index in [0.717, 1.165) is 24.0 Å². The first-order chi connectivity index (χ1) is 10.4. The number of hydrogen-bond acceptors (Lipinski definition) is 2. The van der Waals surface area contributed by atoms with E-state index in [1.54, 1.807) is 0 Å². The van der Waals surface area contributed by atoms with Crippen LogP contribution in [0.3, 0.4) is 0 Å². The van der Waals surface area contributed by atoms with E-state index in [1.165, 1.54) is 10.6 Å². The van der Waals surface area contributed by atoms with Gasteiger partial charge in [0.05, 0.1) is 6.26 Å². The van der Waals surface area contributed by atoms with Gasteiger partial charge in [0.25, 0.3) is 0 Å². The Morgan fingerprint density at radius 2 is 1.59 bits per heavy atom. The van der Waals surface area contributed by atoms with E-state index < -0.39 is 10.0 Å². The fourth-order valence-electron chi connectivity index (χ4n) is 2.26. The smallest absolute Gasteiger partial charge is 0.211 e. The summed E-state index contributed by atoms with van der Waals surface area (Å²) in [7, 11) is -3.21. The van der Waals surface area contributed by atoms with Gasteiger partial charge in [0, 0.05) is 18.1 Å². The lowest BCUT2D eigenvalue weighted by Crippen LogP contribution is -2.30. The standard InChI is InChI=1S/C17H20ClNO2S/c1-22(20,21)19(14-16-6-3-2-4-7-16)13-5-8-15-9-11-17(18)12-10-15/h2-4,6-7,9-12H,5,8,13-14H2,1H3. The van der Waals surface area contributed by atoms with E-state index in [1.807, 2.05) is 54.6 Å². The zero-order valence-corrected chi connectivity index (χ0v) is 14.1. The number of sulfonamides is 1. The molecular formula is C17H20ClNO2S. The Labute approximate surface area is 137 Å². The van der Waals surface area contributed by atoms with Crippen LogP contribution in [0.5, 0.6) is 0 Å². The molecule has 0 atom stereocenters. The molecule has 2 aromatic rings. The topological polar surface area (TPSA) is 37.4 Å². The molecule has 5 heteroatoms. The predicted molar refractivity (Wildman–Crippen MR) is 91.5 cm³/mol. The molecule has 0 aliphatic heterocycles. The van der Waals surface area contributed by atoms with Crippen LogP contribution in [0.1, 0.15) is 17.5 Å². The van der Waals surface area contributed by atoms with E-state index in [4.69, 9.17) is 11.6 Å². The minimum atomic E-state index is -3.21. The number of benzene rings is 2. The van der Waals surface area contributed by atoms with Crippen LogP contribution in [0.2, 0.25) is 5.02 Å². The first-order valence-corrected chi connectivity index (χ1v) is 9.41. The summed E-state index contributed by atoms with van der Waals surface area (Å²) in [6.45, 7) is 0.927. The molecule has 22 heavy (non-hydrogen) atoms. The summed E-state index contributed by atoms with van der Waals surface area (Å²) in [4.78, 5) is 0. The highest BCUT2D eigenvalue weighted by Gasteiger charge is 2.16. The molecule has 0 unspecified atom stereocenters. The SMILES string of the molecule is CS(=O)(=O)N(CCCc1ccc(Cl)cc1)Cc1ccccc1. The molecule has 0 amide bonds. The zero-order chi connectivity index (χ0) is 16.0. The second-order valence-electron chi connectivity index (χ2n) is 5.31. The van der Waals surface area contributed by atoms with Gasteiger partial charge < -0.3 is 0 Å². The first kappa shape index (κ1) is 17.0. The van der Waals surface area contributed by atoms with Gasteiger partial charge in [0.1, 0.15) is 0 Å². The summed E-state index contributed by atoms with van der Waals surface area (Å²) < 4.78 is 25.4. The van der Waals surface area contributed by atoms with Gasteiger partial charge in [-0.05, 0) is 36.1 Å². The molecule has 0 aliphatic carbocycles. The Morgan fingerprint density at radius 3 is 2.18 bits per heavy atom. The van der Waals surface area contributed by atoms with E-state index >= 15 is 0 Å². The lowest BCUT2D eigenvalue weighted by atomic mass is 10.1. The summed E-state index contributed by atoms with van der Waals surface area (Å²) in [5.41, 5.74) is 2.16. The summed E-state index contributed by atoms with van der Waals surface area (Å²) in [6, 6.07) is 17.3. The van der Waals surface area contributed by atoms with Crippen molar-refractivity contribution in [2.24, 2.45) is 0 Å². The highest BCUT2D eigenvalue weighted by atomic mass is 35.5. The van der Waals surface area contributed by atoms with E-state index in [0.29, 0.717) is 18.1 Å². The highest BCUT2D eigenvalue weighted by Crippen LogP contribution is 2.13. The highest BCUT2D eigenvalue weighted by molar-refractivity contribution is 7.88. The van der Waals surface area contributed by atoms with Crippen LogP contribution < -0.4 is 0 Å². The van der Waals surface area contributed by atoms with Crippen molar-refractivity contribution in [2.45, 2.75) is 19.4 Å². The van der Waals surface area contributed by atoms with Crippen LogP contribution in [0.15, 0.2) is 54.6 Å². The van der Waals surface area contributed by atoms with Crippen molar-refractivity contribution >= 4 is 21.6 Å². The maximum absolute atomic E-state index is 11.9. The Balaban J connectivity index is 1.94. The second kappa shape index (κ2) is 7.77. The third-order valence-electron chi connectivity index (χ3n) is 3.46. The largest absolute Gasteiger partial charge is 0.212 e. The minimum Gasteiger partial charge on any atom is -0.212 e. The molecule has 118 valence electrons. The fourth-order valence-corrected chi connectivity index (χ4v) is 3.23. The van der Waals surface area contributed by atoms with Gasteiger partial charge in [-0.15, -0.1) is 0 Å². The number of aryl methyl sites for hydroxylation is 1. The summed E-state index contributed by atoms with van der Waals surface area (Å²) >= 11 is 5.86. The van der Waals surface area contributed by atoms with Crippen molar-refractivity contribution < 1.29 is 8.42 Å². The Bertz CT molecular complexity index is 684. The third kappa shape index (κ3) is 5.44. The molecule has 3 nitrogen and oxygen atoms in total. The van der Waals surface area contributed by atoms with Crippen molar-refractivity contribution in [1.29, 1.82) is 0 Å². The van der Waals surface area contributed by atoms with Crippen LogP contribution >= 0.6 is 11.6 Å². The number of hydrogen-bond donors (Lipinski definition) is 0. The number of halogens is 1. The lowest BCUT2D eigenvalue weighted by molar-refractivity contribution is 0.403. The van der Waals surface area contributed by atoms with Gasteiger partial charge in [0.2, 0.25) is 10.0 Å². The van der Waals surface area contributed by atoms with Gasteiger partial charge in [0.15, 0.2) is 0 Å². The maximum Gasteiger partial charge on any atom is 0.211 e. The average molecular weight is 338 g/mol. The molecule has 0 aromatic heterocycles. The predicted octanol–water partition coefficient (Wildman–Crippen LogP) is 3.73. The molecule has 0 fully saturated rings. The van der Waals surface area contributed by atoms with Crippen LogP contribution in [0, 0.1) is 0 Å². The van der Waals surface area contributed by atoms with Crippen molar-refractivity contribution in [2.75, 3.05) is 12.8 Å². The molecule has 0 heterocycles. The van der Waals surface area contributed by atoms with Crippen molar-refractivity contribution in [3.05, 3.63) is 70.7 Å². The van der Waals surface area contributed by atoms with E-state index in [-0.39, 0.29) is 0 Å². The summed E-state index contributed by atoms with van der Waals surface area (Å²) in [5.74, 6) is 0. The third-order valence-corrected chi connectivity index (χ3v) is 4.96. The van der Waals surface area contributed by atoms with Crippen LogP contribution in [-0.4, -0.2) is 25.5 Å². The Morgan fingerprint density at radius 1 is 0.955 bits per heavy atom. The number of nitrogens with zero attached hydrogens (tertiary/aromatic N) is 1. The van der Waals surface area contributed by atoms with Gasteiger partial charge in [-0.2, -0.15) is 4.31 Å². The molecule has 0 saturated heterocycles. The molecule has 2 rings (SSSR count). The maximum atomic E-state index is 11.9. The molecule has 2 aromatic carbocycles. The summed E-state index contributed by atoms with van der Waals surface area (Å²) in [5, 5.41) is 0.714. The van der Waals surface area contributed by atoms with Crippen LogP contribution in [0.4, 0.5) is 0 Å². The van der Waals surface area contributed by atoms with Crippen LogP contribution in [-0.2, 0) is 23.0 Å². The Kier molecular flexibility index (Phi) is 6.00. The lowest BCUT2D eigenvalue weighted by Gasteiger charge is -2.20. The quantitative estimate of drug-likeness (QED) is 0.772. The molecule has 0 radical (unpaired) electrons. The summed E-state index contributed by atoms with van der Waals surface area (Å²) in [6.07, 6.45) is 2.87. The van der Waals surface area contributed by atoms with Crippen molar-refractivity contribution in [1.82, 2.24) is 4.31 Å². The molecule has 0 N–H and O–H groups in total. The molecule has 0 saturated carbocycles. The zero-order valence-electron chi connectivity index (χ0n) is 12.6. The monoisotopic (exact) mass is 337 g/mol. The normalized spacial score (nSPS) is 11.8. The van der Waals surface area contributed by atoms with Gasteiger partial charge in [-0.3, -0.25) is 0 Å². The fraction of sp³-hybridized carbons (Fsp3) is 0.294. The van der Waals surface area contributed by atoms with Gasteiger partial charge >= 0.3 is 0 Å². The Hall–Kier alpha value is -1.36. The molecule has 0 aliphatic rings. The second-order valence-corrected chi connectivity index (χ2v) is 7.73. The first-order valence-electron chi connectivity index (χ1n) is 7.18.